The van der Waals surface area contributed by atoms with E-state index in [1.807, 2.05) is 48.5 Å². The Morgan fingerprint density at radius 2 is 1.86 bits per heavy atom. The summed E-state index contributed by atoms with van der Waals surface area (Å²) >= 11 is 2.24. The van der Waals surface area contributed by atoms with Crippen LogP contribution in [0.15, 0.2) is 60.7 Å². The number of nitrogens with zero attached hydrogens (tertiary/aromatic N) is 1. The van der Waals surface area contributed by atoms with Crippen LogP contribution < -0.4 is 15.8 Å². The molecule has 0 saturated carbocycles. The molecule has 0 aliphatic carbocycles. The molecule has 1 heterocycles. The lowest BCUT2D eigenvalue weighted by atomic mass is 10.2. The van der Waals surface area contributed by atoms with Crippen LogP contribution in [0.1, 0.15) is 21.6 Å². The van der Waals surface area contributed by atoms with Crippen LogP contribution in [0.4, 0.5) is 5.82 Å². The highest BCUT2D eigenvalue weighted by molar-refractivity contribution is 14.1. The highest BCUT2D eigenvalue weighted by Gasteiger charge is 2.11. The quantitative estimate of drug-likeness (QED) is 0.488. The summed E-state index contributed by atoms with van der Waals surface area (Å²) in [5.74, 6) is 1.38. The molecule has 0 aliphatic rings. The third kappa shape index (κ3) is 5.43. The number of carbonyl (C=O) groups is 1. The lowest BCUT2D eigenvalue weighted by Gasteiger charge is -2.10. The zero-order valence-electron chi connectivity index (χ0n) is 15.3. The highest BCUT2D eigenvalue weighted by Crippen LogP contribution is 2.23. The SMILES string of the molecule is COCc1ccc(C(=O)NCc2cccc(Oc3cccc(I)c3)c2)c(N)n1. The second kappa shape index (κ2) is 9.52. The van der Waals surface area contributed by atoms with Gasteiger partial charge in [-0.05, 0) is 70.6 Å². The number of carbonyl (C=O) groups excluding carboxylic acids is 1. The zero-order chi connectivity index (χ0) is 19.9. The summed E-state index contributed by atoms with van der Waals surface area (Å²) in [7, 11) is 1.58. The Hall–Kier alpha value is -2.65. The largest absolute Gasteiger partial charge is 0.457 e. The molecule has 0 bridgehead atoms. The fourth-order valence-corrected chi connectivity index (χ4v) is 3.11. The summed E-state index contributed by atoms with van der Waals surface area (Å²) in [4.78, 5) is 16.6. The molecule has 1 amide bonds. The number of hydrogen-bond acceptors (Lipinski definition) is 5. The van der Waals surface area contributed by atoms with Crippen LogP contribution in [0.2, 0.25) is 0 Å². The third-order valence-corrected chi connectivity index (χ3v) is 4.57. The van der Waals surface area contributed by atoms with Crippen LogP contribution in [0.3, 0.4) is 0 Å². The number of rotatable bonds is 7. The molecule has 0 radical (unpaired) electrons. The second-order valence-corrected chi connectivity index (χ2v) is 7.30. The molecule has 2 aromatic carbocycles. The second-order valence-electron chi connectivity index (χ2n) is 6.06. The summed E-state index contributed by atoms with van der Waals surface area (Å²) < 4.78 is 12.0. The van der Waals surface area contributed by atoms with E-state index in [0.29, 0.717) is 30.2 Å². The van der Waals surface area contributed by atoms with E-state index >= 15 is 0 Å². The molecule has 3 aromatic rings. The number of anilines is 1. The Balaban J connectivity index is 1.64. The Bertz CT molecular complexity index is 979. The number of halogens is 1. The first-order valence-corrected chi connectivity index (χ1v) is 9.68. The standard InChI is InChI=1S/C21H20IN3O3/c1-27-13-16-8-9-19(20(23)25-16)21(26)24-12-14-4-2-6-17(10-14)28-18-7-3-5-15(22)11-18/h2-11H,12-13H2,1H3,(H2,23,25)(H,24,26). The number of aromatic nitrogens is 1. The lowest BCUT2D eigenvalue weighted by molar-refractivity contribution is 0.0951. The average Bonchev–Trinajstić information content (AvgIpc) is 2.67. The van der Waals surface area contributed by atoms with Gasteiger partial charge in [-0.1, -0.05) is 18.2 Å². The van der Waals surface area contributed by atoms with Crippen molar-refractivity contribution in [2.75, 3.05) is 12.8 Å². The smallest absolute Gasteiger partial charge is 0.255 e. The molecule has 0 fully saturated rings. The van der Waals surface area contributed by atoms with Crippen molar-refractivity contribution in [2.24, 2.45) is 0 Å². The number of pyridine rings is 1. The highest BCUT2D eigenvalue weighted by atomic mass is 127. The monoisotopic (exact) mass is 489 g/mol. The summed E-state index contributed by atoms with van der Waals surface area (Å²) in [6, 6.07) is 18.8. The Morgan fingerprint density at radius 1 is 1.11 bits per heavy atom. The van der Waals surface area contributed by atoms with Gasteiger partial charge >= 0.3 is 0 Å². The fraction of sp³-hybridized carbons (Fsp3) is 0.143. The van der Waals surface area contributed by atoms with Gasteiger partial charge in [0, 0.05) is 17.2 Å². The molecule has 6 nitrogen and oxygen atoms in total. The van der Waals surface area contributed by atoms with E-state index in [9.17, 15) is 4.79 Å². The van der Waals surface area contributed by atoms with Gasteiger partial charge in [0.25, 0.3) is 5.91 Å². The van der Waals surface area contributed by atoms with E-state index in [-0.39, 0.29) is 11.7 Å². The van der Waals surface area contributed by atoms with E-state index in [0.717, 1.165) is 14.9 Å². The summed E-state index contributed by atoms with van der Waals surface area (Å²) in [6.07, 6.45) is 0. The van der Waals surface area contributed by atoms with Crippen molar-refractivity contribution >= 4 is 34.3 Å². The van der Waals surface area contributed by atoms with Crippen molar-refractivity contribution in [2.45, 2.75) is 13.2 Å². The number of benzene rings is 2. The van der Waals surface area contributed by atoms with E-state index in [2.05, 4.69) is 32.9 Å². The Labute approximate surface area is 177 Å². The minimum atomic E-state index is -0.280. The van der Waals surface area contributed by atoms with E-state index in [1.165, 1.54) is 0 Å². The molecule has 1 aromatic heterocycles. The first kappa shape index (κ1) is 20.1. The maximum Gasteiger partial charge on any atom is 0.255 e. The molecular weight excluding hydrogens is 469 g/mol. The van der Waals surface area contributed by atoms with Gasteiger partial charge in [0.1, 0.15) is 17.3 Å². The topological polar surface area (TPSA) is 86.5 Å². The van der Waals surface area contributed by atoms with Crippen LogP contribution >= 0.6 is 22.6 Å². The van der Waals surface area contributed by atoms with Gasteiger partial charge in [-0.3, -0.25) is 4.79 Å². The van der Waals surface area contributed by atoms with Gasteiger partial charge in [-0.15, -0.1) is 0 Å². The molecule has 0 aliphatic heterocycles. The number of hydrogen-bond donors (Lipinski definition) is 2. The average molecular weight is 489 g/mol. The predicted octanol–water partition coefficient (Wildman–Crippen LogP) is 4.14. The molecule has 0 saturated heterocycles. The first-order chi connectivity index (χ1) is 13.5. The van der Waals surface area contributed by atoms with Gasteiger partial charge in [0.15, 0.2) is 0 Å². The maximum atomic E-state index is 12.4. The van der Waals surface area contributed by atoms with Gasteiger partial charge in [0.2, 0.25) is 0 Å². The molecular formula is C21H20IN3O3. The van der Waals surface area contributed by atoms with Crippen molar-refractivity contribution in [3.63, 3.8) is 0 Å². The molecule has 0 spiro atoms. The third-order valence-electron chi connectivity index (χ3n) is 3.90. The molecule has 0 atom stereocenters. The summed E-state index contributed by atoms with van der Waals surface area (Å²) in [5, 5.41) is 2.86. The van der Waals surface area contributed by atoms with E-state index < -0.39 is 0 Å². The molecule has 3 N–H and O–H groups in total. The summed E-state index contributed by atoms with van der Waals surface area (Å²) in [6.45, 7) is 0.695. The number of amides is 1. The number of ether oxygens (including phenoxy) is 2. The number of nitrogen functional groups attached to an aromatic ring is 1. The van der Waals surface area contributed by atoms with Crippen molar-refractivity contribution in [3.8, 4) is 11.5 Å². The molecule has 0 unspecified atom stereocenters. The summed E-state index contributed by atoms with van der Waals surface area (Å²) in [5.41, 5.74) is 7.83. The van der Waals surface area contributed by atoms with Crippen LogP contribution in [0.25, 0.3) is 0 Å². The van der Waals surface area contributed by atoms with Gasteiger partial charge in [-0.25, -0.2) is 4.98 Å². The minimum Gasteiger partial charge on any atom is -0.457 e. The first-order valence-electron chi connectivity index (χ1n) is 8.60. The molecule has 7 heteroatoms. The van der Waals surface area contributed by atoms with Gasteiger partial charge in [0.05, 0.1) is 17.9 Å². The molecule has 144 valence electrons. The normalized spacial score (nSPS) is 10.5. The van der Waals surface area contributed by atoms with E-state index in [4.69, 9.17) is 15.2 Å². The zero-order valence-corrected chi connectivity index (χ0v) is 17.5. The van der Waals surface area contributed by atoms with Crippen molar-refractivity contribution in [1.29, 1.82) is 0 Å². The lowest BCUT2D eigenvalue weighted by Crippen LogP contribution is -2.24. The molecule has 28 heavy (non-hydrogen) atoms. The predicted molar refractivity (Wildman–Crippen MR) is 116 cm³/mol. The Morgan fingerprint density at radius 3 is 2.57 bits per heavy atom. The number of nitrogens with one attached hydrogen (secondary N) is 1. The fourth-order valence-electron chi connectivity index (χ4n) is 2.60. The van der Waals surface area contributed by atoms with E-state index in [1.54, 1.807) is 19.2 Å². The molecule has 3 rings (SSSR count). The number of nitrogens with two attached hydrogens (primary N) is 1. The van der Waals surface area contributed by atoms with Gasteiger partial charge < -0.3 is 20.5 Å². The van der Waals surface area contributed by atoms with Crippen molar-refractivity contribution in [1.82, 2.24) is 10.3 Å². The van der Waals surface area contributed by atoms with Crippen molar-refractivity contribution in [3.05, 3.63) is 81.1 Å². The van der Waals surface area contributed by atoms with Crippen LogP contribution in [0, 0.1) is 3.57 Å². The number of methoxy groups -OCH3 is 1. The Kier molecular flexibility index (Phi) is 6.83. The minimum absolute atomic E-state index is 0.183. The van der Waals surface area contributed by atoms with Crippen molar-refractivity contribution < 1.29 is 14.3 Å². The van der Waals surface area contributed by atoms with Crippen LogP contribution in [-0.2, 0) is 17.9 Å². The van der Waals surface area contributed by atoms with Crippen LogP contribution in [0.5, 0.6) is 11.5 Å². The van der Waals surface area contributed by atoms with Gasteiger partial charge in [-0.2, -0.15) is 0 Å². The maximum absolute atomic E-state index is 12.4. The van der Waals surface area contributed by atoms with Crippen LogP contribution in [-0.4, -0.2) is 18.0 Å².